The van der Waals surface area contributed by atoms with Crippen LogP contribution in [-0.2, 0) is 7.05 Å². The molecule has 0 aliphatic carbocycles. The Morgan fingerprint density at radius 1 is 1.17 bits per heavy atom. The monoisotopic (exact) mass is 407 g/mol. The number of carbonyl (C=O) groups is 1. The zero-order chi connectivity index (χ0) is 20.0. The van der Waals surface area contributed by atoms with Gasteiger partial charge in [0.1, 0.15) is 0 Å². The number of nitrogens with zero attached hydrogens (tertiary/aromatic N) is 6. The molecule has 1 saturated heterocycles. The van der Waals surface area contributed by atoms with Gasteiger partial charge in [-0.1, -0.05) is 0 Å². The normalized spacial score (nSPS) is 17.2. The van der Waals surface area contributed by atoms with Crippen LogP contribution in [0.1, 0.15) is 22.5 Å². The molecule has 9 heteroatoms. The van der Waals surface area contributed by atoms with E-state index >= 15 is 0 Å². The van der Waals surface area contributed by atoms with E-state index in [0.717, 1.165) is 52.2 Å². The summed E-state index contributed by atoms with van der Waals surface area (Å²) in [4.78, 5) is 20.0. The number of thiophene rings is 1. The maximum absolute atomic E-state index is 12.8. The Labute approximate surface area is 171 Å². The molecule has 8 nitrogen and oxygen atoms in total. The van der Waals surface area contributed by atoms with Crippen LogP contribution in [0.3, 0.4) is 0 Å². The van der Waals surface area contributed by atoms with E-state index in [4.69, 9.17) is 5.73 Å². The molecule has 0 unspecified atom stereocenters. The van der Waals surface area contributed by atoms with Crippen LogP contribution >= 0.6 is 11.3 Å². The first-order chi connectivity index (χ1) is 14.1. The van der Waals surface area contributed by atoms with Crippen molar-refractivity contribution in [3.05, 3.63) is 47.3 Å². The number of hydrogen-bond acceptors (Lipinski definition) is 6. The zero-order valence-electron chi connectivity index (χ0n) is 16.0. The molecule has 29 heavy (non-hydrogen) atoms. The Morgan fingerprint density at radius 2 is 2.03 bits per heavy atom. The quantitative estimate of drug-likeness (QED) is 0.563. The van der Waals surface area contributed by atoms with Gasteiger partial charge in [-0.15, -0.1) is 11.3 Å². The molecule has 0 bridgehead atoms. The van der Waals surface area contributed by atoms with Crippen molar-refractivity contribution in [1.29, 1.82) is 0 Å². The Bertz CT molecular complexity index is 1190. The second-order valence-corrected chi connectivity index (χ2v) is 8.34. The molecule has 1 fully saturated rings. The fourth-order valence-electron chi connectivity index (χ4n) is 3.74. The van der Waals surface area contributed by atoms with Gasteiger partial charge in [0.15, 0.2) is 5.65 Å². The van der Waals surface area contributed by atoms with Crippen molar-refractivity contribution in [1.82, 2.24) is 29.3 Å². The maximum atomic E-state index is 12.8. The number of nitrogens with two attached hydrogens (primary N) is 1. The predicted octanol–water partition coefficient (Wildman–Crippen LogP) is 2.42. The number of hydrogen-bond donors (Lipinski definition) is 1. The number of carbonyl (C=O) groups excluding carboxylic acids is 1. The van der Waals surface area contributed by atoms with E-state index in [1.54, 1.807) is 21.6 Å². The third kappa shape index (κ3) is 3.32. The zero-order valence-corrected chi connectivity index (χ0v) is 16.8. The van der Waals surface area contributed by atoms with Crippen LogP contribution in [-0.4, -0.2) is 54.3 Å². The summed E-state index contributed by atoms with van der Waals surface area (Å²) in [6.45, 7) is 1.40. The third-order valence-electron chi connectivity index (χ3n) is 5.26. The van der Waals surface area contributed by atoms with Gasteiger partial charge in [0.05, 0.1) is 17.3 Å². The molecule has 1 atom stereocenters. The van der Waals surface area contributed by atoms with Gasteiger partial charge in [0.2, 0.25) is 0 Å². The Kier molecular flexibility index (Phi) is 4.40. The summed E-state index contributed by atoms with van der Waals surface area (Å²) < 4.78 is 3.52. The Balaban J connectivity index is 1.43. The number of rotatable bonds is 3. The molecule has 1 aliphatic rings. The van der Waals surface area contributed by atoms with Crippen molar-refractivity contribution in [2.24, 2.45) is 12.8 Å². The number of fused-ring (bicyclic) bond motifs is 1. The third-order valence-corrected chi connectivity index (χ3v) is 6.18. The Morgan fingerprint density at radius 3 is 2.83 bits per heavy atom. The molecule has 0 spiro atoms. The molecule has 0 saturated carbocycles. The standard InChI is InChI=1S/C20H21N7OS/c1-25-9-15(7-23-25)14-6-22-19-17(8-24-27(19)10-14)13-5-18(29-12-13)20(28)26-4-2-3-16(21)11-26/h5-10,12,16H,2-4,11,21H2,1H3/t16-/m1/s1. The van der Waals surface area contributed by atoms with Gasteiger partial charge in [0, 0.05) is 61.5 Å². The van der Waals surface area contributed by atoms with E-state index in [9.17, 15) is 4.79 Å². The molecule has 4 aromatic heterocycles. The minimum atomic E-state index is 0.0553. The second kappa shape index (κ2) is 7.09. The van der Waals surface area contributed by atoms with Crippen molar-refractivity contribution in [3.63, 3.8) is 0 Å². The summed E-state index contributed by atoms with van der Waals surface area (Å²) in [6.07, 6.45) is 11.2. The van der Waals surface area contributed by atoms with E-state index in [2.05, 4.69) is 15.2 Å². The van der Waals surface area contributed by atoms with Crippen LogP contribution in [0, 0.1) is 0 Å². The molecular weight excluding hydrogens is 386 g/mol. The summed E-state index contributed by atoms with van der Waals surface area (Å²) in [5.41, 5.74) is 10.6. The fourth-order valence-corrected chi connectivity index (χ4v) is 4.61. The van der Waals surface area contributed by atoms with Crippen LogP contribution in [0.4, 0.5) is 0 Å². The minimum absolute atomic E-state index is 0.0553. The highest BCUT2D eigenvalue weighted by molar-refractivity contribution is 7.12. The molecule has 1 aliphatic heterocycles. The number of aryl methyl sites for hydroxylation is 1. The molecule has 5 heterocycles. The lowest BCUT2D eigenvalue weighted by Gasteiger charge is -2.30. The van der Waals surface area contributed by atoms with E-state index in [-0.39, 0.29) is 11.9 Å². The van der Waals surface area contributed by atoms with Gasteiger partial charge in [-0.2, -0.15) is 10.2 Å². The van der Waals surface area contributed by atoms with E-state index < -0.39 is 0 Å². The molecule has 1 amide bonds. The topological polar surface area (TPSA) is 94.3 Å². The summed E-state index contributed by atoms with van der Waals surface area (Å²) in [5.74, 6) is 0.0553. The van der Waals surface area contributed by atoms with Crippen LogP contribution < -0.4 is 5.73 Å². The smallest absolute Gasteiger partial charge is 0.263 e. The van der Waals surface area contributed by atoms with Gasteiger partial charge in [-0.05, 0) is 29.9 Å². The number of likely N-dealkylation sites (tertiary alicyclic amines) is 1. The average molecular weight is 408 g/mol. The SMILES string of the molecule is Cn1cc(-c2cnc3c(-c4csc(C(=O)N5CCC[C@@H](N)C5)c4)cnn3c2)cn1. The largest absolute Gasteiger partial charge is 0.336 e. The molecule has 5 rings (SSSR count). The predicted molar refractivity (Wildman–Crippen MR) is 112 cm³/mol. The Hall–Kier alpha value is -3.04. The lowest BCUT2D eigenvalue weighted by Crippen LogP contribution is -2.45. The average Bonchev–Trinajstić information content (AvgIpc) is 3.45. The number of piperidine rings is 1. The van der Waals surface area contributed by atoms with E-state index in [0.29, 0.717) is 6.54 Å². The van der Waals surface area contributed by atoms with Gasteiger partial charge in [-0.3, -0.25) is 9.48 Å². The van der Waals surface area contributed by atoms with Gasteiger partial charge < -0.3 is 10.6 Å². The first-order valence-corrected chi connectivity index (χ1v) is 10.4. The maximum Gasteiger partial charge on any atom is 0.263 e. The van der Waals surface area contributed by atoms with Crippen LogP contribution in [0.15, 0.2) is 42.4 Å². The second-order valence-electron chi connectivity index (χ2n) is 7.42. The summed E-state index contributed by atoms with van der Waals surface area (Å²) >= 11 is 1.45. The van der Waals surface area contributed by atoms with Crippen molar-refractivity contribution >= 4 is 22.9 Å². The molecule has 2 N–H and O–H groups in total. The highest BCUT2D eigenvalue weighted by Gasteiger charge is 2.24. The van der Waals surface area contributed by atoms with Gasteiger partial charge in [-0.25, -0.2) is 9.50 Å². The van der Waals surface area contributed by atoms with Crippen LogP contribution in [0.25, 0.3) is 27.9 Å². The fraction of sp³-hybridized carbons (Fsp3) is 0.300. The highest BCUT2D eigenvalue weighted by Crippen LogP contribution is 2.30. The van der Waals surface area contributed by atoms with Gasteiger partial charge in [0.25, 0.3) is 5.91 Å². The first-order valence-electron chi connectivity index (χ1n) is 9.54. The summed E-state index contributed by atoms with van der Waals surface area (Å²) in [7, 11) is 1.88. The summed E-state index contributed by atoms with van der Waals surface area (Å²) in [5, 5.41) is 10.7. The minimum Gasteiger partial charge on any atom is -0.336 e. The molecule has 0 aromatic carbocycles. The molecule has 4 aromatic rings. The molecule has 148 valence electrons. The summed E-state index contributed by atoms with van der Waals surface area (Å²) in [6, 6.07) is 2.01. The van der Waals surface area contributed by atoms with E-state index in [1.165, 1.54) is 11.3 Å². The molecular formula is C20H21N7OS. The van der Waals surface area contributed by atoms with Gasteiger partial charge >= 0.3 is 0 Å². The first kappa shape index (κ1) is 18.0. The number of amides is 1. The number of aromatic nitrogens is 5. The van der Waals surface area contributed by atoms with E-state index in [1.807, 2.05) is 42.0 Å². The van der Waals surface area contributed by atoms with Crippen LogP contribution in [0.5, 0.6) is 0 Å². The van der Waals surface area contributed by atoms with Crippen LogP contribution in [0.2, 0.25) is 0 Å². The van der Waals surface area contributed by atoms with Crippen molar-refractivity contribution in [3.8, 4) is 22.3 Å². The van der Waals surface area contributed by atoms with Crippen molar-refractivity contribution in [2.75, 3.05) is 13.1 Å². The lowest BCUT2D eigenvalue weighted by atomic mass is 10.1. The lowest BCUT2D eigenvalue weighted by molar-refractivity contribution is 0.0714. The highest BCUT2D eigenvalue weighted by atomic mass is 32.1. The van der Waals surface area contributed by atoms with Crippen molar-refractivity contribution < 1.29 is 4.79 Å². The van der Waals surface area contributed by atoms with Crippen molar-refractivity contribution in [2.45, 2.75) is 18.9 Å². The molecule has 0 radical (unpaired) electrons.